The molecule has 1 aromatic rings. The summed E-state index contributed by atoms with van der Waals surface area (Å²) in [5.74, 6) is 0. The van der Waals surface area contributed by atoms with Gasteiger partial charge in [-0.1, -0.05) is 42.7 Å². The lowest BCUT2D eigenvalue weighted by Crippen LogP contribution is -2.35. The van der Waals surface area contributed by atoms with E-state index in [2.05, 4.69) is 48.5 Å². The first-order valence-electron chi connectivity index (χ1n) is 7.22. The van der Waals surface area contributed by atoms with Crippen LogP contribution in [-0.4, -0.2) is 31.1 Å². The van der Waals surface area contributed by atoms with Crippen LogP contribution in [0.2, 0.25) is 0 Å². The normalized spacial score (nSPS) is 16.6. The highest BCUT2D eigenvalue weighted by Crippen LogP contribution is 2.21. The van der Waals surface area contributed by atoms with Gasteiger partial charge >= 0.3 is 0 Å². The van der Waals surface area contributed by atoms with Crippen molar-refractivity contribution in [1.82, 2.24) is 10.2 Å². The highest BCUT2D eigenvalue weighted by atomic mass is 15.1. The molecule has 100 valence electrons. The van der Waals surface area contributed by atoms with Gasteiger partial charge in [-0.15, -0.1) is 0 Å². The van der Waals surface area contributed by atoms with Crippen molar-refractivity contribution in [2.75, 3.05) is 20.1 Å². The van der Waals surface area contributed by atoms with E-state index >= 15 is 0 Å². The molecular formula is C16H26N2. The molecular weight excluding hydrogens is 220 g/mol. The molecule has 0 aromatic heterocycles. The van der Waals surface area contributed by atoms with Crippen molar-refractivity contribution in [2.24, 2.45) is 0 Å². The lowest BCUT2D eigenvalue weighted by molar-refractivity contribution is 0.245. The first-order chi connectivity index (χ1) is 8.75. The second-order valence-electron chi connectivity index (χ2n) is 5.58. The summed E-state index contributed by atoms with van der Waals surface area (Å²) in [6.45, 7) is 5.38. The van der Waals surface area contributed by atoms with Crippen LogP contribution in [0, 0.1) is 6.92 Å². The number of likely N-dealkylation sites (N-methyl/N-ethyl adjacent to an activating group) is 1. The minimum Gasteiger partial charge on any atom is -0.311 e. The maximum atomic E-state index is 3.54. The number of aryl methyl sites for hydroxylation is 1. The van der Waals surface area contributed by atoms with Crippen molar-refractivity contribution in [3.8, 4) is 0 Å². The summed E-state index contributed by atoms with van der Waals surface area (Å²) in [6, 6.07) is 9.58. The molecule has 0 spiro atoms. The summed E-state index contributed by atoms with van der Waals surface area (Å²) < 4.78 is 0. The molecule has 0 amide bonds. The zero-order valence-corrected chi connectivity index (χ0v) is 11.8. The van der Waals surface area contributed by atoms with Gasteiger partial charge < -0.3 is 10.2 Å². The first-order valence-corrected chi connectivity index (χ1v) is 7.22. The fraction of sp³-hybridized carbons (Fsp3) is 0.625. The zero-order chi connectivity index (χ0) is 12.8. The maximum absolute atomic E-state index is 3.54. The van der Waals surface area contributed by atoms with Crippen LogP contribution < -0.4 is 5.32 Å². The summed E-state index contributed by atoms with van der Waals surface area (Å²) in [5.41, 5.74) is 2.73. The Morgan fingerprint density at radius 3 is 2.78 bits per heavy atom. The quantitative estimate of drug-likeness (QED) is 0.776. The minimum absolute atomic E-state index is 0.839. The third-order valence-electron chi connectivity index (χ3n) is 4.00. The smallest absolute Gasteiger partial charge is 0.0206 e. The fourth-order valence-corrected chi connectivity index (χ4v) is 2.84. The van der Waals surface area contributed by atoms with Gasteiger partial charge in [0, 0.05) is 25.7 Å². The maximum Gasteiger partial charge on any atom is 0.0206 e. The number of hydrogen-bond donors (Lipinski definition) is 1. The Labute approximate surface area is 111 Å². The molecule has 1 fully saturated rings. The van der Waals surface area contributed by atoms with E-state index in [1.807, 2.05) is 0 Å². The Balaban J connectivity index is 1.63. The molecule has 0 unspecified atom stereocenters. The van der Waals surface area contributed by atoms with Gasteiger partial charge in [-0.25, -0.2) is 0 Å². The van der Waals surface area contributed by atoms with Gasteiger partial charge in [0.25, 0.3) is 0 Å². The molecule has 1 aliphatic rings. The van der Waals surface area contributed by atoms with Gasteiger partial charge in [-0.05, 0) is 32.4 Å². The Morgan fingerprint density at radius 1 is 1.28 bits per heavy atom. The monoisotopic (exact) mass is 246 g/mol. The molecule has 0 bridgehead atoms. The van der Waals surface area contributed by atoms with Crippen molar-refractivity contribution < 1.29 is 0 Å². The minimum atomic E-state index is 0.839. The van der Waals surface area contributed by atoms with E-state index in [0.717, 1.165) is 25.7 Å². The average molecular weight is 246 g/mol. The number of benzene rings is 1. The zero-order valence-electron chi connectivity index (χ0n) is 11.8. The standard InChI is InChI=1S/C16H26N2/c1-14-6-5-7-15(12-14)13-17-10-11-18(2)16-8-3-4-9-16/h5-7,12,16-17H,3-4,8-11,13H2,1-2H3. The number of rotatable bonds is 6. The van der Waals surface area contributed by atoms with Crippen LogP contribution in [0.3, 0.4) is 0 Å². The molecule has 18 heavy (non-hydrogen) atoms. The van der Waals surface area contributed by atoms with Gasteiger partial charge in [0.2, 0.25) is 0 Å². The molecule has 1 N–H and O–H groups in total. The van der Waals surface area contributed by atoms with E-state index < -0.39 is 0 Å². The second-order valence-corrected chi connectivity index (χ2v) is 5.58. The van der Waals surface area contributed by atoms with Crippen molar-refractivity contribution >= 4 is 0 Å². The van der Waals surface area contributed by atoms with Crippen molar-refractivity contribution in [3.05, 3.63) is 35.4 Å². The topological polar surface area (TPSA) is 15.3 Å². The van der Waals surface area contributed by atoms with Gasteiger partial charge in [0.1, 0.15) is 0 Å². The predicted octanol–water partition coefficient (Wildman–Crippen LogP) is 2.96. The molecule has 1 aromatic carbocycles. The van der Waals surface area contributed by atoms with E-state index in [-0.39, 0.29) is 0 Å². The molecule has 2 rings (SSSR count). The summed E-state index contributed by atoms with van der Waals surface area (Å²) in [4.78, 5) is 2.52. The van der Waals surface area contributed by atoms with E-state index in [4.69, 9.17) is 0 Å². The van der Waals surface area contributed by atoms with Gasteiger partial charge in [-0.3, -0.25) is 0 Å². The lowest BCUT2D eigenvalue weighted by Gasteiger charge is -2.24. The highest BCUT2D eigenvalue weighted by Gasteiger charge is 2.18. The van der Waals surface area contributed by atoms with E-state index in [0.29, 0.717) is 0 Å². The fourth-order valence-electron chi connectivity index (χ4n) is 2.84. The summed E-state index contributed by atoms with van der Waals surface area (Å²) in [7, 11) is 2.27. The molecule has 0 heterocycles. The predicted molar refractivity (Wildman–Crippen MR) is 77.8 cm³/mol. The van der Waals surface area contributed by atoms with Crippen LogP contribution in [0.25, 0.3) is 0 Å². The Morgan fingerprint density at radius 2 is 2.06 bits per heavy atom. The SMILES string of the molecule is Cc1cccc(CNCCN(C)C2CCCC2)c1. The number of nitrogens with one attached hydrogen (secondary N) is 1. The highest BCUT2D eigenvalue weighted by molar-refractivity contribution is 5.21. The largest absolute Gasteiger partial charge is 0.311 e. The molecule has 0 radical (unpaired) electrons. The van der Waals surface area contributed by atoms with Crippen molar-refractivity contribution in [2.45, 2.75) is 45.2 Å². The molecule has 0 aliphatic heterocycles. The van der Waals surface area contributed by atoms with E-state index in [1.54, 1.807) is 0 Å². The molecule has 1 aliphatic carbocycles. The molecule has 2 heteroatoms. The summed E-state index contributed by atoms with van der Waals surface area (Å²) >= 11 is 0. The first kappa shape index (κ1) is 13.6. The molecule has 0 saturated heterocycles. The summed E-state index contributed by atoms with van der Waals surface area (Å²) in [5, 5.41) is 3.54. The third kappa shape index (κ3) is 4.11. The Bertz CT molecular complexity index is 356. The van der Waals surface area contributed by atoms with E-state index in [9.17, 15) is 0 Å². The van der Waals surface area contributed by atoms with E-state index in [1.165, 1.54) is 36.8 Å². The Kier molecular flexibility index (Phi) is 5.21. The van der Waals surface area contributed by atoms with Crippen LogP contribution in [0.4, 0.5) is 0 Å². The van der Waals surface area contributed by atoms with Gasteiger partial charge in [0.15, 0.2) is 0 Å². The lowest BCUT2D eigenvalue weighted by atomic mass is 10.1. The number of hydrogen-bond acceptors (Lipinski definition) is 2. The van der Waals surface area contributed by atoms with Gasteiger partial charge in [-0.2, -0.15) is 0 Å². The van der Waals surface area contributed by atoms with Gasteiger partial charge in [0.05, 0.1) is 0 Å². The third-order valence-corrected chi connectivity index (χ3v) is 4.00. The van der Waals surface area contributed by atoms with Crippen LogP contribution in [0.15, 0.2) is 24.3 Å². The Hall–Kier alpha value is -0.860. The summed E-state index contributed by atoms with van der Waals surface area (Å²) in [6.07, 6.45) is 5.64. The van der Waals surface area contributed by atoms with Crippen LogP contribution in [0.1, 0.15) is 36.8 Å². The molecule has 0 atom stereocenters. The average Bonchev–Trinajstić information content (AvgIpc) is 2.88. The molecule has 1 saturated carbocycles. The van der Waals surface area contributed by atoms with Crippen molar-refractivity contribution in [1.29, 1.82) is 0 Å². The molecule has 2 nitrogen and oxygen atoms in total. The van der Waals surface area contributed by atoms with Crippen LogP contribution in [0.5, 0.6) is 0 Å². The number of nitrogens with zero attached hydrogens (tertiary/aromatic N) is 1. The van der Waals surface area contributed by atoms with Crippen LogP contribution >= 0.6 is 0 Å². The van der Waals surface area contributed by atoms with Crippen molar-refractivity contribution in [3.63, 3.8) is 0 Å². The van der Waals surface area contributed by atoms with Crippen LogP contribution in [-0.2, 0) is 6.54 Å². The second kappa shape index (κ2) is 6.91.